The van der Waals surface area contributed by atoms with E-state index in [1.165, 1.54) is 6.20 Å². The number of methoxy groups -OCH3 is 1. The first-order valence-corrected chi connectivity index (χ1v) is 8.71. The molecule has 0 aliphatic rings. The summed E-state index contributed by atoms with van der Waals surface area (Å²) in [5, 5.41) is 11.0. The fraction of sp³-hybridized carbons (Fsp3) is 0.368. The van der Waals surface area contributed by atoms with Crippen LogP contribution in [0.4, 0.5) is 11.8 Å². The fourth-order valence-electron chi connectivity index (χ4n) is 2.49. The van der Waals surface area contributed by atoms with Gasteiger partial charge in [0.2, 0.25) is 11.9 Å². The molecule has 0 aliphatic heterocycles. The van der Waals surface area contributed by atoms with E-state index in [0.29, 0.717) is 5.75 Å². The molecule has 9 heteroatoms. The van der Waals surface area contributed by atoms with Crippen molar-refractivity contribution in [2.45, 2.75) is 39.5 Å². The van der Waals surface area contributed by atoms with E-state index in [0.717, 1.165) is 16.9 Å². The Hall–Kier alpha value is -3.36. The Morgan fingerprint density at radius 1 is 1.21 bits per heavy atom. The quantitative estimate of drug-likeness (QED) is 0.627. The molecule has 0 saturated heterocycles. The fourth-order valence-corrected chi connectivity index (χ4v) is 2.49. The van der Waals surface area contributed by atoms with Crippen LogP contribution in [0.25, 0.3) is 0 Å². The van der Waals surface area contributed by atoms with Crippen LogP contribution in [0.3, 0.4) is 0 Å². The first-order valence-electron chi connectivity index (χ1n) is 8.71. The summed E-state index contributed by atoms with van der Waals surface area (Å²) in [6.45, 7) is 5.98. The van der Waals surface area contributed by atoms with Gasteiger partial charge in [-0.25, -0.2) is 4.98 Å². The standard InChI is InChI=1S/C19H24N4O5/c1-10(2)12-8-13(27-4)11(3)7-14(12)28-15-9-21-19(23-18(15)20)22-16(24)5-6-17(25)26/h7-10H,5-6H2,1-4H3,(H,25,26)(H3,20,21,22,23,24). The number of anilines is 2. The van der Waals surface area contributed by atoms with Gasteiger partial charge in [-0.1, -0.05) is 13.8 Å². The lowest BCUT2D eigenvalue weighted by atomic mass is 10.00. The van der Waals surface area contributed by atoms with Crippen molar-refractivity contribution in [3.8, 4) is 17.2 Å². The summed E-state index contributed by atoms with van der Waals surface area (Å²) in [5.74, 6) is 0.260. The van der Waals surface area contributed by atoms with E-state index in [2.05, 4.69) is 15.3 Å². The largest absolute Gasteiger partial charge is 0.496 e. The van der Waals surface area contributed by atoms with Gasteiger partial charge in [-0.15, -0.1) is 0 Å². The summed E-state index contributed by atoms with van der Waals surface area (Å²) < 4.78 is 11.3. The third-order valence-electron chi connectivity index (χ3n) is 3.97. The molecule has 2 aromatic rings. The minimum atomic E-state index is -1.06. The van der Waals surface area contributed by atoms with Gasteiger partial charge < -0.3 is 20.3 Å². The van der Waals surface area contributed by atoms with Crippen LogP contribution >= 0.6 is 0 Å². The zero-order valence-corrected chi connectivity index (χ0v) is 16.3. The highest BCUT2D eigenvalue weighted by Crippen LogP contribution is 2.37. The number of aromatic nitrogens is 2. The number of carboxylic acid groups (broad SMARTS) is 1. The van der Waals surface area contributed by atoms with Crippen LogP contribution in [0.5, 0.6) is 17.2 Å². The maximum atomic E-state index is 11.7. The van der Waals surface area contributed by atoms with E-state index in [1.807, 2.05) is 32.9 Å². The van der Waals surface area contributed by atoms with Gasteiger partial charge in [0.1, 0.15) is 11.5 Å². The molecular weight excluding hydrogens is 364 g/mol. The number of nitrogen functional groups attached to an aromatic ring is 1. The maximum absolute atomic E-state index is 11.7. The smallest absolute Gasteiger partial charge is 0.303 e. The highest BCUT2D eigenvalue weighted by atomic mass is 16.5. The Labute approximate surface area is 162 Å². The molecule has 1 amide bonds. The average molecular weight is 388 g/mol. The summed E-state index contributed by atoms with van der Waals surface area (Å²) in [6, 6.07) is 3.78. The lowest BCUT2D eigenvalue weighted by Gasteiger charge is -2.17. The number of hydrogen-bond donors (Lipinski definition) is 3. The van der Waals surface area contributed by atoms with Gasteiger partial charge in [-0.3, -0.25) is 14.9 Å². The Kier molecular flexibility index (Phi) is 6.75. The van der Waals surface area contributed by atoms with E-state index in [-0.39, 0.29) is 36.3 Å². The van der Waals surface area contributed by atoms with Crippen LogP contribution in [0.15, 0.2) is 18.3 Å². The van der Waals surface area contributed by atoms with Gasteiger partial charge in [0.15, 0.2) is 11.6 Å². The van der Waals surface area contributed by atoms with E-state index >= 15 is 0 Å². The molecule has 0 aliphatic carbocycles. The summed E-state index contributed by atoms with van der Waals surface area (Å²) in [5.41, 5.74) is 7.79. The zero-order valence-electron chi connectivity index (χ0n) is 16.3. The van der Waals surface area contributed by atoms with Gasteiger partial charge in [0.25, 0.3) is 0 Å². The number of rotatable bonds is 8. The number of amides is 1. The van der Waals surface area contributed by atoms with Crippen LogP contribution < -0.4 is 20.5 Å². The van der Waals surface area contributed by atoms with Crippen molar-refractivity contribution in [3.05, 3.63) is 29.5 Å². The number of aryl methyl sites for hydroxylation is 1. The predicted molar refractivity (Wildman–Crippen MR) is 104 cm³/mol. The van der Waals surface area contributed by atoms with E-state index in [1.54, 1.807) is 7.11 Å². The predicted octanol–water partition coefficient (Wildman–Crippen LogP) is 3.09. The van der Waals surface area contributed by atoms with Crippen LogP contribution in [0.1, 0.15) is 43.7 Å². The zero-order chi connectivity index (χ0) is 20.8. The average Bonchev–Trinajstić information content (AvgIpc) is 2.62. The molecule has 1 aromatic heterocycles. The molecular formula is C19H24N4O5. The van der Waals surface area contributed by atoms with Crippen LogP contribution in [-0.2, 0) is 9.59 Å². The second kappa shape index (κ2) is 9.03. The molecule has 0 saturated carbocycles. The minimum absolute atomic E-state index is 0.0183. The number of ether oxygens (including phenoxy) is 2. The third kappa shape index (κ3) is 5.32. The van der Waals surface area contributed by atoms with Crippen LogP contribution in [-0.4, -0.2) is 34.1 Å². The number of carbonyl (C=O) groups excluding carboxylic acids is 1. The van der Waals surface area contributed by atoms with Gasteiger partial charge in [-0.05, 0) is 30.5 Å². The van der Waals surface area contributed by atoms with Crippen molar-refractivity contribution in [2.75, 3.05) is 18.2 Å². The number of carbonyl (C=O) groups is 2. The number of benzene rings is 1. The van der Waals surface area contributed by atoms with E-state index < -0.39 is 11.9 Å². The highest BCUT2D eigenvalue weighted by molar-refractivity contribution is 5.91. The molecule has 0 radical (unpaired) electrons. The van der Waals surface area contributed by atoms with E-state index in [4.69, 9.17) is 20.3 Å². The number of carboxylic acids is 1. The minimum Gasteiger partial charge on any atom is -0.496 e. The Balaban J connectivity index is 2.20. The molecule has 9 nitrogen and oxygen atoms in total. The number of nitrogens with zero attached hydrogens (tertiary/aromatic N) is 2. The number of nitrogens with one attached hydrogen (secondary N) is 1. The van der Waals surface area contributed by atoms with Crippen molar-refractivity contribution in [3.63, 3.8) is 0 Å². The number of hydrogen-bond acceptors (Lipinski definition) is 7. The molecule has 28 heavy (non-hydrogen) atoms. The molecule has 0 unspecified atom stereocenters. The van der Waals surface area contributed by atoms with Crippen LogP contribution in [0.2, 0.25) is 0 Å². The molecule has 1 heterocycles. The SMILES string of the molecule is COc1cc(C(C)C)c(Oc2cnc(NC(=O)CCC(=O)O)nc2N)cc1C. The Morgan fingerprint density at radius 3 is 2.50 bits per heavy atom. The van der Waals surface area contributed by atoms with E-state index in [9.17, 15) is 9.59 Å². The Bertz CT molecular complexity index is 883. The molecule has 0 bridgehead atoms. The van der Waals surface area contributed by atoms with Crippen molar-refractivity contribution >= 4 is 23.6 Å². The molecule has 2 rings (SSSR count). The normalized spacial score (nSPS) is 10.6. The summed E-state index contributed by atoms with van der Waals surface area (Å²) in [4.78, 5) is 30.2. The molecule has 0 fully saturated rings. The van der Waals surface area contributed by atoms with Gasteiger partial charge in [0, 0.05) is 12.0 Å². The molecule has 0 atom stereocenters. The number of aliphatic carboxylic acids is 1. The van der Waals surface area contributed by atoms with Crippen molar-refractivity contribution in [1.29, 1.82) is 0 Å². The summed E-state index contributed by atoms with van der Waals surface area (Å²) in [6.07, 6.45) is 0.899. The maximum Gasteiger partial charge on any atom is 0.303 e. The lowest BCUT2D eigenvalue weighted by Crippen LogP contribution is -2.15. The molecule has 1 aromatic carbocycles. The van der Waals surface area contributed by atoms with Crippen molar-refractivity contribution in [1.82, 2.24) is 9.97 Å². The molecule has 4 N–H and O–H groups in total. The Morgan fingerprint density at radius 2 is 1.93 bits per heavy atom. The van der Waals surface area contributed by atoms with Gasteiger partial charge >= 0.3 is 5.97 Å². The van der Waals surface area contributed by atoms with Crippen LogP contribution in [0, 0.1) is 6.92 Å². The van der Waals surface area contributed by atoms with Gasteiger partial charge in [0.05, 0.1) is 19.7 Å². The summed E-state index contributed by atoms with van der Waals surface area (Å²) in [7, 11) is 1.61. The lowest BCUT2D eigenvalue weighted by molar-refractivity contribution is -0.138. The van der Waals surface area contributed by atoms with Crippen molar-refractivity contribution in [2.24, 2.45) is 0 Å². The monoisotopic (exact) mass is 388 g/mol. The summed E-state index contributed by atoms with van der Waals surface area (Å²) >= 11 is 0. The molecule has 150 valence electrons. The first-order chi connectivity index (χ1) is 13.2. The highest BCUT2D eigenvalue weighted by Gasteiger charge is 2.16. The first kappa shape index (κ1) is 20.9. The van der Waals surface area contributed by atoms with Gasteiger partial charge in [-0.2, -0.15) is 4.98 Å². The van der Waals surface area contributed by atoms with Crippen molar-refractivity contribution < 1.29 is 24.2 Å². The second-order valence-electron chi connectivity index (χ2n) is 6.50. The molecule has 0 spiro atoms. The topological polar surface area (TPSA) is 137 Å². The second-order valence-corrected chi connectivity index (χ2v) is 6.50. The number of nitrogens with two attached hydrogens (primary N) is 1. The third-order valence-corrected chi connectivity index (χ3v) is 3.97.